The van der Waals surface area contributed by atoms with Gasteiger partial charge in [0.25, 0.3) is 0 Å². The van der Waals surface area contributed by atoms with Crippen LogP contribution in [0.25, 0.3) is 0 Å². The number of nitrogens with zero attached hydrogens (tertiary/aromatic N) is 5. The largest absolute Gasteiger partial charge is 0.395 e. The van der Waals surface area contributed by atoms with Crippen LogP contribution in [-0.2, 0) is 6.42 Å². The highest BCUT2D eigenvalue weighted by molar-refractivity contribution is 6.28. The first kappa shape index (κ1) is 13.5. The van der Waals surface area contributed by atoms with Crippen LogP contribution in [0.2, 0.25) is 5.28 Å². The van der Waals surface area contributed by atoms with Gasteiger partial charge in [-0.05, 0) is 11.6 Å². The fraction of sp³-hybridized carbons (Fsp3) is 0.727. The maximum absolute atomic E-state index is 8.90. The molecule has 1 fully saturated rings. The van der Waals surface area contributed by atoms with E-state index < -0.39 is 0 Å². The summed E-state index contributed by atoms with van der Waals surface area (Å²) in [7, 11) is 0. The lowest BCUT2D eigenvalue weighted by Crippen LogP contribution is -2.47. The van der Waals surface area contributed by atoms with Gasteiger partial charge in [-0.15, -0.1) is 0 Å². The van der Waals surface area contributed by atoms with Crippen LogP contribution in [0.1, 0.15) is 12.7 Å². The van der Waals surface area contributed by atoms with E-state index >= 15 is 0 Å². The first-order valence-corrected chi connectivity index (χ1v) is 6.59. The summed E-state index contributed by atoms with van der Waals surface area (Å²) in [6.07, 6.45) is 0.750. The Bertz CT molecular complexity index is 395. The molecule has 0 saturated carbocycles. The molecule has 1 N–H and O–H groups in total. The van der Waals surface area contributed by atoms with E-state index in [0.29, 0.717) is 5.95 Å². The Morgan fingerprint density at radius 2 is 1.89 bits per heavy atom. The molecule has 0 atom stereocenters. The maximum Gasteiger partial charge on any atom is 0.229 e. The van der Waals surface area contributed by atoms with Gasteiger partial charge in [-0.3, -0.25) is 4.90 Å². The minimum Gasteiger partial charge on any atom is -0.395 e. The number of halogens is 1. The van der Waals surface area contributed by atoms with Crippen LogP contribution >= 0.6 is 11.6 Å². The van der Waals surface area contributed by atoms with E-state index in [1.807, 2.05) is 6.92 Å². The zero-order valence-electron chi connectivity index (χ0n) is 10.5. The van der Waals surface area contributed by atoms with Crippen molar-refractivity contribution in [2.45, 2.75) is 13.3 Å². The Morgan fingerprint density at radius 3 is 2.50 bits per heavy atom. The van der Waals surface area contributed by atoms with Crippen LogP contribution in [0, 0.1) is 0 Å². The maximum atomic E-state index is 8.90. The fourth-order valence-electron chi connectivity index (χ4n) is 1.99. The molecule has 100 valence electrons. The van der Waals surface area contributed by atoms with Gasteiger partial charge in [0.05, 0.1) is 6.61 Å². The Kier molecular flexibility index (Phi) is 4.68. The second kappa shape index (κ2) is 6.26. The molecule has 6 nitrogen and oxygen atoms in total. The first-order valence-electron chi connectivity index (χ1n) is 6.21. The van der Waals surface area contributed by atoms with E-state index in [2.05, 4.69) is 24.8 Å². The zero-order valence-corrected chi connectivity index (χ0v) is 11.3. The molecule has 1 aliphatic heterocycles. The third-order valence-corrected chi connectivity index (χ3v) is 3.20. The number of hydrogen-bond donors (Lipinski definition) is 1. The van der Waals surface area contributed by atoms with E-state index in [1.54, 1.807) is 0 Å². The number of aliphatic hydroxyl groups excluding tert-OH is 1. The third-order valence-electron chi connectivity index (χ3n) is 3.03. The van der Waals surface area contributed by atoms with Gasteiger partial charge < -0.3 is 10.0 Å². The van der Waals surface area contributed by atoms with Crippen molar-refractivity contribution in [2.75, 3.05) is 44.2 Å². The Balaban J connectivity index is 2.02. The lowest BCUT2D eigenvalue weighted by atomic mass is 10.3. The predicted molar refractivity (Wildman–Crippen MR) is 70.0 cm³/mol. The topological polar surface area (TPSA) is 65.4 Å². The Labute approximate surface area is 112 Å². The van der Waals surface area contributed by atoms with Crippen molar-refractivity contribution < 1.29 is 5.11 Å². The molecule has 1 saturated heterocycles. The van der Waals surface area contributed by atoms with Crippen LogP contribution in [0.15, 0.2) is 0 Å². The molecule has 0 radical (unpaired) electrons. The van der Waals surface area contributed by atoms with Gasteiger partial charge in [-0.2, -0.15) is 9.97 Å². The van der Waals surface area contributed by atoms with Crippen molar-refractivity contribution >= 4 is 17.5 Å². The molecule has 7 heteroatoms. The molecule has 18 heavy (non-hydrogen) atoms. The minimum atomic E-state index is 0.206. The first-order chi connectivity index (χ1) is 8.72. The quantitative estimate of drug-likeness (QED) is 0.844. The number of rotatable bonds is 4. The van der Waals surface area contributed by atoms with Gasteiger partial charge in [0.1, 0.15) is 5.82 Å². The van der Waals surface area contributed by atoms with Crippen molar-refractivity contribution in [1.82, 2.24) is 19.9 Å². The second-order valence-corrected chi connectivity index (χ2v) is 4.56. The summed E-state index contributed by atoms with van der Waals surface area (Å²) in [5.41, 5.74) is 0. The van der Waals surface area contributed by atoms with Crippen molar-refractivity contribution in [2.24, 2.45) is 0 Å². The Hall–Kier alpha value is -0.980. The standard InChI is InChI=1S/C11H18ClN5O/c1-2-9-13-10(12)15-11(14-9)17-5-3-16(4-6-17)7-8-18/h18H,2-8H2,1H3. The van der Waals surface area contributed by atoms with Crippen LogP contribution in [0.5, 0.6) is 0 Å². The highest BCUT2D eigenvalue weighted by atomic mass is 35.5. The highest BCUT2D eigenvalue weighted by Gasteiger charge is 2.19. The molecule has 0 aliphatic carbocycles. The summed E-state index contributed by atoms with van der Waals surface area (Å²) >= 11 is 5.89. The summed E-state index contributed by atoms with van der Waals surface area (Å²) in [4.78, 5) is 17.0. The van der Waals surface area contributed by atoms with E-state index in [0.717, 1.165) is 45.0 Å². The van der Waals surface area contributed by atoms with Gasteiger partial charge in [-0.25, -0.2) is 4.98 Å². The van der Waals surface area contributed by atoms with E-state index in [1.165, 1.54) is 0 Å². The fourth-order valence-corrected chi connectivity index (χ4v) is 2.17. The molecule has 1 aromatic rings. The molecule has 0 aromatic carbocycles. The molecule has 2 rings (SSSR count). The van der Waals surface area contributed by atoms with Gasteiger partial charge in [0, 0.05) is 39.1 Å². The third kappa shape index (κ3) is 3.28. The number of aryl methyl sites for hydroxylation is 1. The number of β-amino-alcohol motifs (C(OH)–C–C–N with tert-alkyl or cyclic N) is 1. The van der Waals surface area contributed by atoms with Crippen LogP contribution in [0.3, 0.4) is 0 Å². The summed E-state index contributed by atoms with van der Waals surface area (Å²) in [5, 5.41) is 9.16. The predicted octanol–water partition coefficient (Wildman–Crippen LogP) is 0.202. The number of anilines is 1. The van der Waals surface area contributed by atoms with Gasteiger partial charge in [-0.1, -0.05) is 6.92 Å². The molecule has 2 heterocycles. The van der Waals surface area contributed by atoms with Crippen molar-refractivity contribution in [3.05, 3.63) is 11.1 Å². The lowest BCUT2D eigenvalue weighted by Gasteiger charge is -2.34. The summed E-state index contributed by atoms with van der Waals surface area (Å²) in [6.45, 7) is 6.45. The number of aromatic nitrogens is 3. The molecule has 0 spiro atoms. The molecule has 0 amide bonds. The molecular formula is C11H18ClN5O. The van der Waals surface area contributed by atoms with Crippen molar-refractivity contribution in [3.63, 3.8) is 0 Å². The second-order valence-electron chi connectivity index (χ2n) is 4.23. The molecule has 0 bridgehead atoms. The van der Waals surface area contributed by atoms with Crippen LogP contribution in [-0.4, -0.2) is 64.3 Å². The number of hydrogen-bond acceptors (Lipinski definition) is 6. The molecule has 1 aromatic heterocycles. The number of piperazine rings is 1. The summed E-state index contributed by atoms with van der Waals surface area (Å²) < 4.78 is 0. The van der Waals surface area contributed by atoms with Crippen molar-refractivity contribution in [1.29, 1.82) is 0 Å². The lowest BCUT2D eigenvalue weighted by molar-refractivity contribution is 0.188. The normalized spacial score (nSPS) is 17.2. The highest BCUT2D eigenvalue weighted by Crippen LogP contribution is 2.13. The van der Waals surface area contributed by atoms with Gasteiger partial charge in [0.15, 0.2) is 0 Å². The summed E-state index contributed by atoms with van der Waals surface area (Å²) in [6, 6.07) is 0. The van der Waals surface area contributed by atoms with Gasteiger partial charge in [0.2, 0.25) is 11.2 Å². The zero-order chi connectivity index (χ0) is 13.0. The molecule has 1 aliphatic rings. The monoisotopic (exact) mass is 271 g/mol. The van der Waals surface area contributed by atoms with Crippen LogP contribution < -0.4 is 4.90 Å². The SMILES string of the molecule is CCc1nc(Cl)nc(N2CCN(CCO)CC2)n1. The number of aliphatic hydroxyl groups is 1. The average molecular weight is 272 g/mol. The minimum absolute atomic E-state index is 0.206. The van der Waals surface area contributed by atoms with E-state index in [-0.39, 0.29) is 11.9 Å². The molecule has 0 unspecified atom stereocenters. The smallest absolute Gasteiger partial charge is 0.229 e. The average Bonchev–Trinajstić information content (AvgIpc) is 2.39. The Morgan fingerprint density at radius 1 is 1.17 bits per heavy atom. The van der Waals surface area contributed by atoms with E-state index in [4.69, 9.17) is 16.7 Å². The van der Waals surface area contributed by atoms with Crippen molar-refractivity contribution in [3.8, 4) is 0 Å². The van der Waals surface area contributed by atoms with Gasteiger partial charge >= 0.3 is 0 Å². The summed E-state index contributed by atoms with van der Waals surface area (Å²) in [5.74, 6) is 1.39. The van der Waals surface area contributed by atoms with E-state index in [9.17, 15) is 0 Å². The van der Waals surface area contributed by atoms with Crippen LogP contribution in [0.4, 0.5) is 5.95 Å². The molecular weight excluding hydrogens is 254 g/mol.